The van der Waals surface area contributed by atoms with Gasteiger partial charge in [0.05, 0.1) is 0 Å². The second kappa shape index (κ2) is 6.80. The third-order valence-electron chi connectivity index (χ3n) is 3.81. The summed E-state index contributed by atoms with van der Waals surface area (Å²) in [5, 5.41) is 3.91. The van der Waals surface area contributed by atoms with Gasteiger partial charge in [-0.1, -0.05) is 29.8 Å². The number of carbonyl (C=O) groups excluding carboxylic acids is 1. The van der Waals surface area contributed by atoms with Gasteiger partial charge in [0, 0.05) is 23.0 Å². The largest absolute Gasteiger partial charge is 0.351 e. The standard InChI is InChI=1S/C17H25ClN2O/c1-17(2,3)19-16(21)13-8-10-20(11-9-13)12-14-6-4-5-7-15(14)18/h4-7,13H,8-12H2,1-3H3,(H,19,21). The minimum atomic E-state index is -0.147. The molecule has 1 aromatic carbocycles. The third kappa shape index (κ3) is 5.01. The molecule has 1 aliphatic heterocycles. The van der Waals surface area contributed by atoms with E-state index in [0.29, 0.717) is 0 Å². The van der Waals surface area contributed by atoms with E-state index in [9.17, 15) is 4.79 Å². The number of nitrogens with one attached hydrogen (secondary N) is 1. The fourth-order valence-corrected chi connectivity index (χ4v) is 2.89. The van der Waals surface area contributed by atoms with Crippen LogP contribution in [0.4, 0.5) is 0 Å². The Morgan fingerprint density at radius 1 is 1.29 bits per heavy atom. The van der Waals surface area contributed by atoms with Crippen LogP contribution in [0.3, 0.4) is 0 Å². The normalized spacial score (nSPS) is 17.7. The highest BCUT2D eigenvalue weighted by atomic mass is 35.5. The number of nitrogens with zero attached hydrogens (tertiary/aromatic N) is 1. The zero-order valence-electron chi connectivity index (χ0n) is 13.2. The first-order valence-electron chi connectivity index (χ1n) is 7.63. The Labute approximate surface area is 132 Å². The van der Waals surface area contributed by atoms with E-state index in [2.05, 4.69) is 16.3 Å². The second-order valence-electron chi connectivity index (χ2n) is 6.88. The van der Waals surface area contributed by atoms with Crippen molar-refractivity contribution in [3.8, 4) is 0 Å². The third-order valence-corrected chi connectivity index (χ3v) is 4.18. The quantitative estimate of drug-likeness (QED) is 0.927. The van der Waals surface area contributed by atoms with Crippen LogP contribution in [0.5, 0.6) is 0 Å². The van der Waals surface area contributed by atoms with Crippen LogP contribution in [-0.2, 0) is 11.3 Å². The SMILES string of the molecule is CC(C)(C)NC(=O)C1CCN(Cc2ccccc2Cl)CC1. The molecule has 3 nitrogen and oxygen atoms in total. The Balaban J connectivity index is 1.83. The number of rotatable bonds is 3. The predicted octanol–water partition coefficient (Wildman–Crippen LogP) is 3.47. The molecule has 0 atom stereocenters. The van der Waals surface area contributed by atoms with E-state index < -0.39 is 0 Å². The van der Waals surface area contributed by atoms with Gasteiger partial charge < -0.3 is 5.32 Å². The lowest BCUT2D eigenvalue weighted by molar-refractivity contribution is -0.127. The van der Waals surface area contributed by atoms with Crippen molar-refractivity contribution in [3.05, 3.63) is 34.9 Å². The average molecular weight is 309 g/mol. The van der Waals surface area contributed by atoms with Crippen molar-refractivity contribution < 1.29 is 4.79 Å². The molecule has 0 spiro atoms. The Morgan fingerprint density at radius 3 is 2.48 bits per heavy atom. The maximum Gasteiger partial charge on any atom is 0.223 e. The maximum absolute atomic E-state index is 12.2. The fourth-order valence-electron chi connectivity index (χ4n) is 2.69. The molecule has 1 aromatic rings. The molecule has 1 saturated heterocycles. The molecule has 2 rings (SSSR count). The van der Waals surface area contributed by atoms with Crippen LogP contribution < -0.4 is 5.32 Å². The van der Waals surface area contributed by atoms with Gasteiger partial charge in [-0.05, 0) is 58.3 Å². The molecule has 21 heavy (non-hydrogen) atoms. The van der Waals surface area contributed by atoms with Crippen molar-refractivity contribution in [2.45, 2.75) is 45.7 Å². The minimum absolute atomic E-state index is 0.145. The van der Waals surface area contributed by atoms with E-state index in [4.69, 9.17) is 11.6 Å². The maximum atomic E-state index is 12.2. The summed E-state index contributed by atoms with van der Waals surface area (Å²) in [5.41, 5.74) is 1.02. The monoisotopic (exact) mass is 308 g/mol. The zero-order chi connectivity index (χ0) is 15.5. The van der Waals surface area contributed by atoms with Crippen LogP contribution in [0.15, 0.2) is 24.3 Å². The molecule has 0 bridgehead atoms. The first-order valence-corrected chi connectivity index (χ1v) is 8.01. The number of hydrogen-bond acceptors (Lipinski definition) is 2. The summed E-state index contributed by atoms with van der Waals surface area (Å²) >= 11 is 6.20. The lowest BCUT2D eigenvalue weighted by Crippen LogP contribution is -2.46. The van der Waals surface area contributed by atoms with Gasteiger partial charge >= 0.3 is 0 Å². The molecule has 116 valence electrons. The van der Waals surface area contributed by atoms with E-state index in [-0.39, 0.29) is 17.4 Å². The number of halogens is 1. The van der Waals surface area contributed by atoms with Crippen LogP contribution in [0, 0.1) is 5.92 Å². The molecule has 1 N–H and O–H groups in total. The molecule has 0 radical (unpaired) electrons. The average Bonchev–Trinajstić information content (AvgIpc) is 2.40. The lowest BCUT2D eigenvalue weighted by atomic mass is 9.94. The van der Waals surface area contributed by atoms with Crippen LogP contribution in [0.25, 0.3) is 0 Å². The van der Waals surface area contributed by atoms with Crippen LogP contribution >= 0.6 is 11.6 Å². The number of benzene rings is 1. The Morgan fingerprint density at radius 2 is 1.90 bits per heavy atom. The number of hydrogen-bond donors (Lipinski definition) is 1. The van der Waals surface area contributed by atoms with Crippen molar-refractivity contribution in [1.29, 1.82) is 0 Å². The summed E-state index contributed by atoms with van der Waals surface area (Å²) in [5.74, 6) is 0.339. The first kappa shape index (κ1) is 16.3. The number of carbonyl (C=O) groups is 1. The lowest BCUT2D eigenvalue weighted by Gasteiger charge is -2.33. The summed E-state index contributed by atoms with van der Waals surface area (Å²) < 4.78 is 0. The number of likely N-dealkylation sites (tertiary alicyclic amines) is 1. The summed E-state index contributed by atoms with van der Waals surface area (Å²) in [6.45, 7) is 8.85. The number of amides is 1. The van der Waals surface area contributed by atoms with E-state index in [1.807, 2.05) is 39.0 Å². The molecule has 1 heterocycles. The van der Waals surface area contributed by atoms with E-state index in [1.54, 1.807) is 0 Å². The molecule has 0 aromatic heterocycles. The van der Waals surface area contributed by atoms with Crippen LogP contribution in [0.2, 0.25) is 5.02 Å². The van der Waals surface area contributed by atoms with Gasteiger partial charge in [-0.3, -0.25) is 9.69 Å². The molecule has 4 heteroatoms. The Kier molecular flexibility index (Phi) is 5.28. The van der Waals surface area contributed by atoms with Gasteiger partial charge in [-0.15, -0.1) is 0 Å². The summed E-state index contributed by atoms with van der Waals surface area (Å²) in [6.07, 6.45) is 1.85. The van der Waals surface area contributed by atoms with Crippen molar-refractivity contribution >= 4 is 17.5 Å². The van der Waals surface area contributed by atoms with Crippen molar-refractivity contribution in [2.75, 3.05) is 13.1 Å². The van der Waals surface area contributed by atoms with Crippen LogP contribution in [-0.4, -0.2) is 29.4 Å². The Hall–Kier alpha value is -1.06. The fraction of sp³-hybridized carbons (Fsp3) is 0.588. The van der Waals surface area contributed by atoms with Gasteiger partial charge in [0.1, 0.15) is 0 Å². The van der Waals surface area contributed by atoms with Crippen LogP contribution in [0.1, 0.15) is 39.2 Å². The van der Waals surface area contributed by atoms with Crippen molar-refractivity contribution in [3.63, 3.8) is 0 Å². The molecule has 1 aliphatic rings. The summed E-state index contributed by atoms with van der Waals surface area (Å²) in [7, 11) is 0. The molecule has 1 fully saturated rings. The van der Waals surface area contributed by atoms with Gasteiger partial charge in [0.25, 0.3) is 0 Å². The first-order chi connectivity index (χ1) is 9.85. The smallest absolute Gasteiger partial charge is 0.223 e. The second-order valence-corrected chi connectivity index (χ2v) is 7.29. The van der Waals surface area contributed by atoms with Gasteiger partial charge in [0.2, 0.25) is 5.91 Å². The minimum Gasteiger partial charge on any atom is -0.351 e. The van der Waals surface area contributed by atoms with E-state index >= 15 is 0 Å². The molecular formula is C17H25ClN2O. The highest BCUT2D eigenvalue weighted by Gasteiger charge is 2.27. The van der Waals surface area contributed by atoms with Gasteiger partial charge in [0.15, 0.2) is 0 Å². The van der Waals surface area contributed by atoms with E-state index in [1.165, 1.54) is 0 Å². The van der Waals surface area contributed by atoms with Crippen molar-refractivity contribution in [2.24, 2.45) is 5.92 Å². The molecule has 0 saturated carbocycles. The highest BCUT2D eigenvalue weighted by molar-refractivity contribution is 6.31. The molecule has 1 amide bonds. The molecular weight excluding hydrogens is 284 g/mol. The number of piperidine rings is 1. The van der Waals surface area contributed by atoms with Gasteiger partial charge in [-0.2, -0.15) is 0 Å². The zero-order valence-corrected chi connectivity index (χ0v) is 13.9. The topological polar surface area (TPSA) is 32.3 Å². The van der Waals surface area contributed by atoms with Crippen molar-refractivity contribution in [1.82, 2.24) is 10.2 Å². The molecule has 0 unspecified atom stereocenters. The summed E-state index contributed by atoms with van der Waals surface area (Å²) in [4.78, 5) is 14.6. The molecule has 0 aliphatic carbocycles. The van der Waals surface area contributed by atoms with Gasteiger partial charge in [-0.25, -0.2) is 0 Å². The Bertz CT molecular complexity index is 488. The van der Waals surface area contributed by atoms with E-state index in [0.717, 1.165) is 43.1 Å². The summed E-state index contributed by atoms with van der Waals surface area (Å²) in [6, 6.07) is 7.97. The predicted molar refractivity (Wildman–Crippen MR) is 87.3 cm³/mol. The highest BCUT2D eigenvalue weighted by Crippen LogP contribution is 2.22.